The molecule has 7 heteroatoms. The second-order valence-electron chi connectivity index (χ2n) is 8.15. The highest BCUT2D eigenvalue weighted by Gasteiger charge is 2.31. The molecule has 0 bridgehead atoms. The Morgan fingerprint density at radius 1 is 1.07 bits per heavy atom. The monoisotopic (exact) mass is 444 g/mol. The highest BCUT2D eigenvalue weighted by atomic mass is 32.2. The molecule has 2 aliphatic rings. The van der Waals surface area contributed by atoms with Gasteiger partial charge in [0.1, 0.15) is 0 Å². The number of amides is 1. The number of sulfonamides is 1. The van der Waals surface area contributed by atoms with Crippen LogP contribution in [0.15, 0.2) is 52.3 Å². The van der Waals surface area contributed by atoms with E-state index in [2.05, 4.69) is 6.92 Å². The van der Waals surface area contributed by atoms with Crippen molar-refractivity contribution < 1.29 is 13.2 Å². The van der Waals surface area contributed by atoms with Gasteiger partial charge in [0.25, 0.3) is 15.9 Å². The Morgan fingerprint density at radius 2 is 1.80 bits per heavy atom. The van der Waals surface area contributed by atoms with Gasteiger partial charge in [0.05, 0.1) is 16.1 Å². The topological polar surface area (TPSA) is 57.7 Å². The Bertz CT molecular complexity index is 1040. The number of carbonyl (C=O) groups excluding carboxylic acids is 1. The second kappa shape index (κ2) is 8.63. The molecule has 0 unspecified atom stereocenters. The maximum atomic E-state index is 13.5. The Labute approximate surface area is 183 Å². The minimum atomic E-state index is -3.74. The van der Waals surface area contributed by atoms with Gasteiger partial charge in [-0.25, -0.2) is 8.42 Å². The fourth-order valence-corrected chi connectivity index (χ4v) is 6.41. The first kappa shape index (κ1) is 21.2. The molecule has 1 amide bonds. The number of aryl methyl sites for hydroxylation is 1. The smallest absolute Gasteiger partial charge is 0.264 e. The molecule has 0 saturated carbocycles. The minimum absolute atomic E-state index is 0.0673. The largest absolute Gasteiger partial charge is 0.339 e. The van der Waals surface area contributed by atoms with Crippen molar-refractivity contribution in [3.8, 4) is 0 Å². The predicted molar refractivity (Wildman–Crippen MR) is 122 cm³/mol. The van der Waals surface area contributed by atoms with Crippen LogP contribution >= 0.6 is 11.8 Å². The summed E-state index contributed by atoms with van der Waals surface area (Å²) in [6.07, 6.45) is 5.56. The van der Waals surface area contributed by atoms with Crippen molar-refractivity contribution in [1.29, 1.82) is 0 Å². The van der Waals surface area contributed by atoms with E-state index in [1.165, 1.54) is 16.1 Å². The number of carbonyl (C=O) groups is 1. The van der Waals surface area contributed by atoms with Gasteiger partial charge in [0.2, 0.25) is 0 Å². The van der Waals surface area contributed by atoms with Crippen LogP contribution in [0.25, 0.3) is 0 Å². The van der Waals surface area contributed by atoms with Crippen molar-refractivity contribution in [2.75, 3.05) is 30.2 Å². The quantitative estimate of drug-likeness (QED) is 0.655. The summed E-state index contributed by atoms with van der Waals surface area (Å²) >= 11 is 1.48. The lowest BCUT2D eigenvalue weighted by molar-refractivity contribution is 0.0693. The van der Waals surface area contributed by atoms with Crippen LogP contribution in [0.4, 0.5) is 5.69 Å². The summed E-state index contributed by atoms with van der Waals surface area (Å²) in [5, 5.41) is 0. The predicted octanol–water partition coefficient (Wildman–Crippen LogP) is 4.42. The van der Waals surface area contributed by atoms with Crippen LogP contribution in [0.1, 0.15) is 42.1 Å². The highest BCUT2D eigenvalue weighted by molar-refractivity contribution is 7.98. The molecule has 160 valence electrons. The molecular weight excluding hydrogens is 416 g/mol. The number of hydrogen-bond acceptors (Lipinski definition) is 4. The number of nitrogens with zero attached hydrogens (tertiary/aromatic N) is 2. The molecule has 0 radical (unpaired) electrons. The molecule has 2 heterocycles. The van der Waals surface area contributed by atoms with E-state index < -0.39 is 10.0 Å². The second-order valence-corrected chi connectivity index (χ2v) is 10.9. The van der Waals surface area contributed by atoms with E-state index in [4.69, 9.17) is 0 Å². The maximum Gasteiger partial charge on any atom is 0.264 e. The molecule has 0 N–H and O–H groups in total. The lowest BCUT2D eigenvalue weighted by Crippen LogP contribution is -2.38. The lowest BCUT2D eigenvalue weighted by Gasteiger charge is -2.32. The van der Waals surface area contributed by atoms with Crippen LogP contribution in [0, 0.1) is 5.92 Å². The molecule has 2 aromatic rings. The molecule has 0 atom stereocenters. The molecule has 0 spiro atoms. The van der Waals surface area contributed by atoms with Gasteiger partial charge in [0.15, 0.2) is 0 Å². The summed E-state index contributed by atoms with van der Waals surface area (Å²) in [5.74, 6) is 0.558. The average Bonchev–Trinajstić information content (AvgIpc) is 2.78. The number of hydrogen-bond donors (Lipinski definition) is 0. The molecule has 5 nitrogen and oxygen atoms in total. The zero-order valence-corrected chi connectivity index (χ0v) is 19.1. The number of fused-ring (bicyclic) bond motifs is 1. The summed E-state index contributed by atoms with van der Waals surface area (Å²) in [6.45, 7) is 4.12. The minimum Gasteiger partial charge on any atom is -0.339 e. The number of thioether (sulfide) groups is 1. The van der Waals surface area contributed by atoms with Crippen LogP contribution in [-0.4, -0.2) is 45.1 Å². The number of anilines is 1. The Morgan fingerprint density at radius 3 is 2.53 bits per heavy atom. The van der Waals surface area contributed by atoms with Gasteiger partial charge in [-0.2, -0.15) is 0 Å². The normalized spacial score (nSPS) is 17.7. The Hall–Kier alpha value is -1.99. The molecule has 4 rings (SSSR count). The van der Waals surface area contributed by atoms with E-state index in [1.54, 1.807) is 18.2 Å². The van der Waals surface area contributed by atoms with Gasteiger partial charge in [-0.1, -0.05) is 25.1 Å². The van der Waals surface area contributed by atoms with Crippen molar-refractivity contribution in [2.24, 2.45) is 5.92 Å². The summed E-state index contributed by atoms with van der Waals surface area (Å²) < 4.78 is 28.6. The van der Waals surface area contributed by atoms with Crippen LogP contribution in [0.3, 0.4) is 0 Å². The highest BCUT2D eigenvalue weighted by Crippen LogP contribution is 2.33. The number of likely N-dealkylation sites (tertiary alicyclic amines) is 1. The molecule has 1 saturated heterocycles. The molecule has 2 aromatic carbocycles. The van der Waals surface area contributed by atoms with Crippen LogP contribution in [0.2, 0.25) is 0 Å². The molecular formula is C23H28N2O3S2. The zero-order valence-electron chi connectivity index (χ0n) is 17.5. The first-order valence-corrected chi connectivity index (χ1v) is 13.2. The van der Waals surface area contributed by atoms with E-state index in [0.717, 1.165) is 54.9 Å². The van der Waals surface area contributed by atoms with Crippen LogP contribution in [-0.2, 0) is 16.4 Å². The zero-order chi connectivity index (χ0) is 21.3. The Balaban J connectivity index is 1.70. The van der Waals surface area contributed by atoms with E-state index in [-0.39, 0.29) is 10.8 Å². The molecule has 30 heavy (non-hydrogen) atoms. The van der Waals surface area contributed by atoms with Crippen LogP contribution < -0.4 is 4.31 Å². The van der Waals surface area contributed by atoms with Crippen molar-refractivity contribution in [1.82, 2.24) is 4.90 Å². The van der Waals surface area contributed by atoms with Gasteiger partial charge in [-0.3, -0.25) is 9.10 Å². The van der Waals surface area contributed by atoms with Crippen molar-refractivity contribution >= 4 is 33.4 Å². The lowest BCUT2D eigenvalue weighted by atomic mass is 9.98. The van der Waals surface area contributed by atoms with Gasteiger partial charge >= 0.3 is 0 Å². The third kappa shape index (κ3) is 3.97. The third-order valence-corrected chi connectivity index (χ3v) is 8.73. The molecule has 1 fully saturated rings. The summed E-state index contributed by atoms with van der Waals surface area (Å²) in [5.41, 5.74) is 2.28. The number of para-hydroxylation sites is 1. The van der Waals surface area contributed by atoms with E-state index >= 15 is 0 Å². The first-order chi connectivity index (χ1) is 14.4. The average molecular weight is 445 g/mol. The molecule has 2 aliphatic heterocycles. The number of piperidine rings is 1. The van der Waals surface area contributed by atoms with E-state index in [9.17, 15) is 13.2 Å². The fraction of sp³-hybridized carbons (Fsp3) is 0.435. The summed E-state index contributed by atoms with van der Waals surface area (Å²) in [4.78, 5) is 16.1. The fourth-order valence-electron chi connectivity index (χ4n) is 4.27. The maximum absolute atomic E-state index is 13.5. The van der Waals surface area contributed by atoms with Gasteiger partial charge in [-0.05, 0) is 67.7 Å². The van der Waals surface area contributed by atoms with Crippen LogP contribution in [0.5, 0.6) is 0 Å². The van der Waals surface area contributed by atoms with Crippen molar-refractivity contribution in [3.05, 3.63) is 53.6 Å². The van der Waals surface area contributed by atoms with Gasteiger partial charge in [0, 0.05) is 24.5 Å². The summed E-state index contributed by atoms with van der Waals surface area (Å²) in [7, 11) is -3.74. The number of rotatable bonds is 4. The van der Waals surface area contributed by atoms with Gasteiger partial charge in [-0.15, -0.1) is 11.8 Å². The molecule has 0 aromatic heterocycles. The third-order valence-electron chi connectivity index (χ3n) is 6.13. The van der Waals surface area contributed by atoms with Crippen molar-refractivity contribution in [2.45, 2.75) is 42.4 Å². The van der Waals surface area contributed by atoms with Crippen molar-refractivity contribution in [3.63, 3.8) is 0 Å². The van der Waals surface area contributed by atoms with E-state index in [0.29, 0.717) is 18.0 Å². The molecule has 0 aliphatic carbocycles. The Kier molecular flexibility index (Phi) is 6.11. The summed E-state index contributed by atoms with van der Waals surface area (Å²) in [6, 6.07) is 12.6. The SMILES string of the molecule is CSc1ccc(S(=O)(=O)N2CCCc3ccccc32)cc1C(=O)N1CCC(C)CC1. The standard InChI is InChI=1S/C23H28N2O3S2/c1-17-11-14-24(15-12-17)23(26)20-16-19(9-10-22(20)29-2)30(27,28)25-13-5-7-18-6-3-4-8-21(18)25/h3-4,6,8-10,16-17H,5,7,11-15H2,1-2H3. The van der Waals surface area contributed by atoms with E-state index in [1.807, 2.05) is 35.4 Å². The number of benzene rings is 2. The van der Waals surface area contributed by atoms with Gasteiger partial charge < -0.3 is 4.90 Å². The first-order valence-electron chi connectivity index (χ1n) is 10.5.